The minimum absolute atomic E-state index is 0.265. The zero-order valence-electron chi connectivity index (χ0n) is 23.7. The van der Waals surface area contributed by atoms with E-state index in [1.54, 1.807) is 11.3 Å². The highest BCUT2D eigenvalue weighted by Crippen LogP contribution is 2.58. The van der Waals surface area contributed by atoms with E-state index in [1.165, 1.54) is 37.4 Å². The van der Waals surface area contributed by atoms with Crippen LogP contribution in [-0.2, 0) is 5.41 Å². The minimum atomic E-state index is -0.265. The normalized spacial score (nSPS) is 14.0. The van der Waals surface area contributed by atoms with Gasteiger partial charge in [-0.15, -0.1) is 11.3 Å². The second kappa shape index (κ2) is 8.93. The van der Waals surface area contributed by atoms with Gasteiger partial charge in [-0.25, -0.2) is 15.0 Å². The molecule has 0 radical (unpaired) electrons. The summed E-state index contributed by atoms with van der Waals surface area (Å²) in [6.07, 6.45) is 1.89. The van der Waals surface area contributed by atoms with Gasteiger partial charge in [-0.2, -0.15) is 0 Å². The maximum Gasteiger partial charge on any atom is 0.235 e. The number of anilines is 3. The molecule has 0 atom stereocenters. The third kappa shape index (κ3) is 3.40. The molecule has 5 heteroatoms. The Morgan fingerprint density at radius 1 is 0.651 bits per heavy atom. The van der Waals surface area contributed by atoms with Crippen molar-refractivity contribution in [2.75, 3.05) is 4.90 Å². The molecule has 3 aromatic heterocycles. The van der Waals surface area contributed by atoms with Crippen molar-refractivity contribution in [1.29, 1.82) is 0 Å². The van der Waals surface area contributed by atoms with Crippen molar-refractivity contribution in [3.8, 4) is 11.3 Å². The fourth-order valence-corrected chi connectivity index (χ4v) is 8.21. The van der Waals surface area contributed by atoms with Crippen LogP contribution < -0.4 is 4.90 Å². The molecule has 0 bridgehead atoms. The molecule has 1 aliphatic rings. The Hall–Kier alpha value is -5.13. The molecule has 43 heavy (non-hydrogen) atoms. The van der Waals surface area contributed by atoms with Crippen LogP contribution in [0.5, 0.6) is 0 Å². The Balaban J connectivity index is 1.48. The van der Waals surface area contributed by atoms with E-state index in [9.17, 15) is 0 Å². The molecule has 0 N–H and O–H groups in total. The van der Waals surface area contributed by atoms with Crippen molar-refractivity contribution in [2.24, 2.45) is 0 Å². The number of rotatable bonds is 2. The number of hydrogen-bond donors (Lipinski definition) is 0. The molecule has 1 aliphatic heterocycles. The Bertz CT molecular complexity index is 2390. The van der Waals surface area contributed by atoms with E-state index in [1.807, 2.05) is 18.3 Å². The van der Waals surface area contributed by atoms with Gasteiger partial charge >= 0.3 is 0 Å². The highest BCUT2D eigenvalue weighted by atomic mass is 32.1. The van der Waals surface area contributed by atoms with Crippen molar-refractivity contribution in [2.45, 2.75) is 19.3 Å². The van der Waals surface area contributed by atoms with Gasteiger partial charge < -0.3 is 0 Å². The molecule has 0 saturated carbocycles. The number of fused-ring (bicyclic) bond motifs is 10. The van der Waals surface area contributed by atoms with Crippen LogP contribution in [0.1, 0.15) is 25.0 Å². The van der Waals surface area contributed by atoms with Gasteiger partial charge in [-0.1, -0.05) is 105 Å². The lowest BCUT2D eigenvalue weighted by Gasteiger charge is -2.42. The summed E-state index contributed by atoms with van der Waals surface area (Å²) in [5.41, 5.74) is 7.46. The molecule has 4 nitrogen and oxygen atoms in total. The maximum atomic E-state index is 5.38. The first kappa shape index (κ1) is 24.5. The molecule has 204 valence electrons. The van der Waals surface area contributed by atoms with Crippen molar-refractivity contribution < 1.29 is 0 Å². The predicted molar refractivity (Wildman–Crippen MR) is 180 cm³/mol. The van der Waals surface area contributed by atoms with E-state index in [-0.39, 0.29) is 5.41 Å². The minimum Gasteiger partial charge on any atom is -0.277 e. The Morgan fingerprint density at radius 2 is 1.35 bits per heavy atom. The van der Waals surface area contributed by atoms with Gasteiger partial charge in [0.05, 0.1) is 27.3 Å². The van der Waals surface area contributed by atoms with E-state index in [2.05, 4.69) is 122 Å². The van der Waals surface area contributed by atoms with Crippen LogP contribution in [0.15, 0.2) is 121 Å². The summed E-state index contributed by atoms with van der Waals surface area (Å²) in [6, 6.07) is 40.6. The van der Waals surface area contributed by atoms with Crippen molar-refractivity contribution in [1.82, 2.24) is 15.0 Å². The highest BCUT2D eigenvalue weighted by Gasteiger charge is 2.41. The topological polar surface area (TPSA) is 41.9 Å². The van der Waals surface area contributed by atoms with Crippen LogP contribution >= 0.6 is 11.3 Å². The molecule has 4 heterocycles. The Kier molecular flexibility index (Phi) is 5.08. The largest absolute Gasteiger partial charge is 0.277 e. The maximum absolute atomic E-state index is 5.38. The quantitative estimate of drug-likeness (QED) is 0.207. The molecule has 0 unspecified atom stereocenters. The van der Waals surface area contributed by atoms with Crippen LogP contribution in [0.25, 0.3) is 53.2 Å². The third-order valence-electron chi connectivity index (χ3n) is 8.89. The first-order valence-corrected chi connectivity index (χ1v) is 15.4. The van der Waals surface area contributed by atoms with Gasteiger partial charge in [0, 0.05) is 33.3 Å². The lowest BCUT2D eigenvalue weighted by molar-refractivity contribution is 0.638. The Morgan fingerprint density at radius 3 is 2.21 bits per heavy atom. The van der Waals surface area contributed by atoms with Gasteiger partial charge in [0.2, 0.25) is 5.95 Å². The van der Waals surface area contributed by atoms with Crippen molar-refractivity contribution in [3.63, 3.8) is 0 Å². The monoisotopic (exact) mass is 570 g/mol. The Labute approximate surface area is 252 Å². The van der Waals surface area contributed by atoms with Gasteiger partial charge in [0.1, 0.15) is 4.83 Å². The molecule has 0 spiro atoms. The lowest BCUT2D eigenvalue weighted by Crippen LogP contribution is -2.31. The van der Waals surface area contributed by atoms with Gasteiger partial charge in [-0.3, -0.25) is 4.90 Å². The average Bonchev–Trinajstić information content (AvgIpc) is 3.45. The summed E-state index contributed by atoms with van der Waals surface area (Å²) in [5.74, 6) is 0.670. The molecule has 0 amide bonds. The van der Waals surface area contributed by atoms with Crippen molar-refractivity contribution in [3.05, 3.63) is 133 Å². The summed E-state index contributed by atoms with van der Waals surface area (Å²) in [6.45, 7) is 4.70. The summed E-state index contributed by atoms with van der Waals surface area (Å²) in [7, 11) is 0. The summed E-state index contributed by atoms with van der Waals surface area (Å²) >= 11 is 1.76. The van der Waals surface area contributed by atoms with Crippen LogP contribution in [0.3, 0.4) is 0 Å². The van der Waals surface area contributed by atoms with E-state index >= 15 is 0 Å². The van der Waals surface area contributed by atoms with Crippen LogP contribution in [0.4, 0.5) is 17.3 Å². The SMILES string of the molecule is CC1(C)c2ccccc2N(c2nc(-c3ccccc3)c3ccccc3n2)c2c1c1ccccc1c1c2sc2ncccc21. The molecule has 0 fully saturated rings. The number of para-hydroxylation sites is 2. The standard InChI is InChI=1S/C38H26N4S/c1-38(2)28-19-9-11-21-30(28)42(37-40-29-20-10-8-17-26(29)33(41-37)23-13-4-3-5-14-23)34-32(38)25-16-7-6-15-24(25)31-27-18-12-22-39-36(27)43-35(31)34/h3-22H,1-2H3. The fourth-order valence-electron chi connectivity index (χ4n) is 7.01. The molecular weight excluding hydrogens is 545 g/mol. The van der Waals surface area contributed by atoms with E-state index in [0.29, 0.717) is 5.95 Å². The molecule has 8 aromatic rings. The number of pyridine rings is 1. The zero-order valence-corrected chi connectivity index (χ0v) is 24.6. The number of hydrogen-bond acceptors (Lipinski definition) is 5. The first-order chi connectivity index (χ1) is 21.1. The second-order valence-electron chi connectivity index (χ2n) is 11.7. The summed E-state index contributed by atoms with van der Waals surface area (Å²) in [5, 5.41) is 5.97. The lowest BCUT2D eigenvalue weighted by atomic mass is 9.71. The number of nitrogens with zero attached hydrogens (tertiary/aromatic N) is 4. The predicted octanol–water partition coefficient (Wildman–Crippen LogP) is 10.3. The summed E-state index contributed by atoms with van der Waals surface area (Å²) < 4.78 is 1.21. The van der Waals surface area contributed by atoms with Crippen LogP contribution in [-0.4, -0.2) is 15.0 Å². The third-order valence-corrected chi connectivity index (χ3v) is 10.0. The number of thiophene rings is 1. The zero-order chi connectivity index (χ0) is 28.7. The van der Waals surface area contributed by atoms with Crippen LogP contribution in [0, 0.1) is 0 Å². The summed E-state index contributed by atoms with van der Waals surface area (Å²) in [4.78, 5) is 18.8. The molecule has 9 rings (SSSR count). The average molecular weight is 571 g/mol. The second-order valence-corrected chi connectivity index (χ2v) is 12.7. The molecule has 0 saturated heterocycles. The smallest absolute Gasteiger partial charge is 0.235 e. The first-order valence-electron chi connectivity index (χ1n) is 14.6. The number of aromatic nitrogens is 3. The van der Waals surface area contributed by atoms with Gasteiger partial charge in [0.15, 0.2) is 0 Å². The van der Waals surface area contributed by atoms with Gasteiger partial charge in [0.25, 0.3) is 0 Å². The van der Waals surface area contributed by atoms with Crippen LogP contribution in [0.2, 0.25) is 0 Å². The fraction of sp³-hybridized carbons (Fsp3) is 0.0789. The van der Waals surface area contributed by atoms with E-state index in [0.717, 1.165) is 38.4 Å². The highest BCUT2D eigenvalue weighted by molar-refractivity contribution is 7.26. The van der Waals surface area contributed by atoms with Crippen molar-refractivity contribution >= 4 is 70.6 Å². The molecule has 5 aromatic carbocycles. The molecular formula is C38H26N4S. The van der Waals surface area contributed by atoms with E-state index < -0.39 is 0 Å². The number of benzene rings is 5. The molecule has 0 aliphatic carbocycles. The van der Waals surface area contributed by atoms with E-state index in [4.69, 9.17) is 15.0 Å². The van der Waals surface area contributed by atoms with Gasteiger partial charge in [-0.05, 0) is 46.2 Å².